The number of methoxy groups -OCH3 is 1. The molecule has 3 aromatic rings. The third kappa shape index (κ3) is 3.11. The number of hydrogen-bond donors (Lipinski definition) is 1. The van der Waals surface area contributed by atoms with Crippen LogP contribution in [0.4, 0.5) is 0 Å². The number of imidazole rings is 1. The zero-order chi connectivity index (χ0) is 17.1. The first-order chi connectivity index (χ1) is 11.6. The number of carbonyl (C=O) groups is 1. The van der Waals surface area contributed by atoms with E-state index in [4.69, 9.17) is 14.8 Å². The van der Waals surface area contributed by atoms with Gasteiger partial charge >= 0.3 is 5.97 Å². The summed E-state index contributed by atoms with van der Waals surface area (Å²) in [5, 5.41) is 8.98. The minimum atomic E-state index is -0.838. The second kappa shape index (κ2) is 6.74. The van der Waals surface area contributed by atoms with Crippen molar-refractivity contribution in [3.63, 3.8) is 0 Å². The van der Waals surface area contributed by atoms with E-state index < -0.39 is 5.97 Å². The van der Waals surface area contributed by atoms with Crippen molar-refractivity contribution in [3.8, 4) is 17.1 Å². The summed E-state index contributed by atoms with van der Waals surface area (Å²) in [5.41, 5.74) is 3.58. The van der Waals surface area contributed by atoms with Crippen LogP contribution in [0.3, 0.4) is 0 Å². The van der Waals surface area contributed by atoms with Crippen LogP contribution in [0.15, 0.2) is 42.5 Å². The van der Waals surface area contributed by atoms with Gasteiger partial charge in [0, 0.05) is 12.1 Å². The molecule has 1 N–H and O–H groups in total. The van der Waals surface area contributed by atoms with Gasteiger partial charge in [-0.1, -0.05) is 25.1 Å². The van der Waals surface area contributed by atoms with Crippen molar-refractivity contribution in [3.05, 3.63) is 48.0 Å². The van der Waals surface area contributed by atoms with Gasteiger partial charge in [-0.2, -0.15) is 0 Å². The van der Waals surface area contributed by atoms with Gasteiger partial charge in [0.1, 0.15) is 11.6 Å². The molecule has 0 aliphatic carbocycles. The van der Waals surface area contributed by atoms with Gasteiger partial charge in [0.2, 0.25) is 0 Å². The molecule has 0 saturated heterocycles. The SMILES string of the molecule is CCCn1c(-c2cccc(OC)c2)nc2cc(CC(=O)O)ccc21. The lowest BCUT2D eigenvalue weighted by Crippen LogP contribution is -2.01. The Kier molecular flexibility index (Phi) is 4.51. The molecule has 124 valence electrons. The number of ether oxygens (including phenoxy) is 1. The monoisotopic (exact) mass is 324 g/mol. The van der Waals surface area contributed by atoms with Crippen molar-refractivity contribution in [2.75, 3.05) is 7.11 Å². The van der Waals surface area contributed by atoms with Crippen LogP contribution in [0.5, 0.6) is 5.75 Å². The van der Waals surface area contributed by atoms with E-state index >= 15 is 0 Å². The van der Waals surface area contributed by atoms with Crippen molar-refractivity contribution in [1.29, 1.82) is 0 Å². The average Bonchev–Trinajstić information content (AvgIpc) is 2.93. The molecule has 2 aromatic carbocycles. The first-order valence-electron chi connectivity index (χ1n) is 7.97. The summed E-state index contributed by atoms with van der Waals surface area (Å²) >= 11 is 0. The number of hydrogen-bond acceptors (Lipinski definition) is 3. The number of nitrogens with zero attached hydrogens (tertiary/aromatic N) is 2. The Bertz CT molecular complexity index is 883. The molecule has 0 bridgehead atoms. The molecule has 0 fully saturated rings. The number of benzene rings is 2. The van der Waals surface area contributed by atoms with E-state index in [0.717, 1.165) is 46.7 Å². The van der Waals surface area contributed by atoms with E-state index in [2.05, 4.69) is 11.5 Å². The third-order valence-electron chi connectivity index (χ3n) is 3.94. The zero-order valence-corrected chi connectivity index (χ0v) is 13.8. The Labute approximate surface area is 140 Å². The molecule has 0 spiro atoms. The number of carboxylic acids is 1. The number of fused-ring (bicyclic) bond motifs is 1. The topological polar surface area (TPSA) is 64.4 Å². The second-order valence-electron chi connectivity index (χ2n) is 5.71. The van der Waals surface area contributed by atoms with Crippen LogP contribution in [-0.2, 0) is 17.8 Å². The molecular formula is C19H20N2O3. The van der Waals surface area contributed by atoms with Crippen LogP contribution in [0.25, 0.3) is 22.4 Å². The van der Waals surface area contributed by atoms with Crippen molar-refractivity contribution in [2.45, 2.75) is 26.3 Å². The molecule has 1 aromatic heterocycles. The van der Waals surface area contributed by atoms with Gasteiger partial charge in [0.15, 0.2) is 0 Å². The number of rotatable bonds is 6. The third-order valence-corrected chi connectivity index (χ3v) is 3.94. The summed E-state index contributed by atoms with van der Waals surface area (Å²) in [6.07, 6.45) is 0.990. The average molecular weight is 324 g/mol. The summed E-state index contributed by atoms with van der Waals surface area (Å²) < 4.78 is 7.49. The molecule has 0 aliphatic heterocycles. The molecule has 0 unspecified atom stereocenters. The summed E-state index contributed by atoms with van der Waals surface area (Å²) in [7, 11) is 1.65. The highest BCUT2D eigenvalue weighted by molar-refractivity contribution is 5.82. The Morgan fingerprint density at radius 2 is 2.08 bits per heavy atom. The number of aromatic nitrogens is 2. The molecule has 0 radical (unpaired) electrons. The largest absolute Gasteiger partial charge is 0.497 e. The number of aryl methyl sites for hydroxylation is 1. The first kappa shape index (κ1) is 16.1. The van der Waals surface area contributed by atoms with Crippen LogP contribution in [0, 0.1) is 0 Å². The lowest BCUT2D eigenvalue weighted by Gasteiger charge is -2.09. The van der Waals surface area contributed by atoms with Crippen LogP contribution < -0.4 is 4.74 Å². The van der Waals surface area contributed by atoms with Gasteiger partial charge in [-0.15, -0.1) is 0 Å². The molecule has 24 heavy (non-hydrogen) atoms. The molecule has 0 atom stereocenters. The molecule has 0 saturated carbocycles. The fourth-order valence-electron chi connectivity index (χ4n) is 2.89. The predicted octanol–water partition coefficient (Wildman–Crippen LogP) is 3.75. The van der Waals surface area contributed by atoms with E-state index in [-0.39, 0.29) is 6.42 Å². The summed E-state index contributed by atoms with van der Waals surface area (Å²) in [4.78, 5) is 15.7. The van der Waals surface area contributed by atoms with Crippen LogP contribution in [0.1, 0.15) is 18.9 Å². The van der Waals surface area contributed by atoms with Gasteiger partial charge < -0.3 is 14.4 Å². The number of aliphatic carboxylic acids is 1. The maximum Gasteiger partial charge on any atom is 0.307 e. The van der Waals surface area contributed by atoms with Crippen molar-refractivity contribution in [2.24, 2.45) is 0 Å². The van der Waals surface area contributed by atoms with Crippen molar-refractivity contribution in [1.82, 2.24) is 9.55 Å². The summed E-state index contributed by atoms with van der Waals surface area (Å²) in [6.45, 7) is 2.97. The molecule has 5 nitrogen and oxygen atoms in total. The maximum absolute atomic E-state index is 10.9. The predicted molar refractivity (Wildman–Crippen MR) is 93.4 cm³/mol. The molecule has 0 amide bonds. The normalized spacial score (nSPS) is 10.9. The highest BCUT2D eigenvalue weighted by Gasteiger charge is 2.14. The summed E-state index contributed by atoms with van der Waals surface area (Å²) in [6, 6.07) is 13.5. The minimum Gasteiger partial charge on any atom is -0.497 e. The van der Waals surface area contributed by atoms with Crippen LogP contribution >= 0.6 is 0 Å². The molecule has 1 heterocycles. The molecular weight excluding hydrogens is 304 g/mol. The molecule has 0 aliphatic rings. The van der Waals surface area contributed by atoms with Gasteiger partial charge in [-0.3, -0.25) is 4.79 Å². The van der Waals surface area contributed by atoms with Gasteiger partial charge in [-0.25, -0.2) is 4.98 Å². The lowest BCUT2D eigenvalue weighted by molar-refractivity contribution is -0.136. The van der Waals surface area contributed by atoms with E-state index in [1.54, 1.807) is 7.11 Å². The Hall–Kier alpha value is -2.82. The van der Waals surface area contributed by atoms with Gasteiger partial charge in [0.25, 0.3) is 0 Å². The highest BCUT2D eigenvalue weighted by atomic mass is 16.5. The maximum atomic E-state index is 10.9. The smallest absolute Gasteiger partial charge is 0.307 e. The van der Waals surface area contributed by atoms with E-state index in [1.807, 2.05) is 42.5 Å². The van der Waals surface area contributed by atoms with Gasteiger partial charge in [0.05, 0.1) is 24.6 Å². The van der Waals surface area contributed by atoms with Crippen LogP contribution in [0.2, 0.25) is 0 Å². The summed E-state index contributed by atoms with van der Waals surface area (Å²) in [5.74, 6) is 0.822. The Balaban J connectivity index is 2.14. The fourth-order valence-corrected chi connectivity index (χ4v) is 2.89. The lowest BCUT2D eigenvalue weighted by atomic mass is 10.1. The quantitative estimate of drug-likeness (QED) is 0.750. The van der Waals surface area contributed by atoms with Crippen molar-refractivity contribution < 1.29 is 14.6 Å². The Morgan fingerprint density at radius 1 is 1.25 bits per heavy atom. The van der Waals surface area contributed by atoms with Crippen LogP contribution in [-0.4, -0.2) is 27.7 Å². The highest BCUT2D eigenvalue weighted by Crippen LogP contribution is 2.28. The second-order valence-corrected chi connectivity index (χ2v) is 5.71. The Morgan fingerprint density at radius 3 is 2.79 bits per heavy atom. The minimum absolute atomic E-state index is 0.00503. The standard InChI is InChI=1S/C19H20N2O3/c1-3-9-21-17-8-7-13(11-18(22)23)10-16(17)20-19(21)14-5-4-6-15(12-14)24-2/h4-8,10,12H,3,9,11H2,1-2H3,(H,22,23). The molecule has 3 rings (SSSR count). The van der Waals surface area contributed by atoms with Crippen molar-refractivity contribution >= 4 is 17.0 Å². The van der Waals surface area contributed by atoms with E-state index in [9.17, 15) is 4.79 Å². The van der Waals surface area contributed by atoms with E-state index in [1.165, 1.54) is 0 Å². The molecule has 5 heteroatoms. The van der Waals surface area contributed by atoms with E-state index in [0.29, 0.717) is 0 Å². The first-order valence-corrected chi connectivity index (χ1v) is 7.97. The number of carboxylic acid groups (broad SMARTS) is 1. The fraction of sp³-hybridized carbons (Fsp3) is 0.263. The zero-order valence-electron chi connectivity index (χ0n) is 13.8. The van der Waals surface area contributed by atoms with Gasteiger partial charge in [-0.05, 0) is 36.2 Å².